The van der Waals surface area contributed by atoms with E-state index in [1.165, 1.54) is 7.11 Å². The Bertz CT molecular complexity index is 1040. The van der Waals surface area contributed by atoms with Gasteiger partial charge >= 0.3 is 6.09 Å². The van der Waals surface area contributed by atoms with Crippen LogP contribution in [0.2, 0.25) is 10.3 Å². The average Bonchev–Trinajstić information content (AvgIpc) is 2.95. The van der Waals surface area contributed by atoms with Gasteiger partial charge in [-0.05, 0) is 46.1 Å². The van der Waals surface area contributed by atoms with Crippen LogP contribution in [0.25, 0.3) is 10.8 Å². The second-order valence-electron chi connectivity index (χ2n) is 9.00. The van der Waals surface area contributed by atoms with Crippen molar-refractivity contribution in [3.8, 4) is 5.88 Å². The molecule has 2 bridgehead atoms. The van der Waals surface area contributed by atoms with Gasteiger partial charge in [0.05, 0.1) is 24.6 Å². The summed E-state index contributed by atoms with van der Waals surface area (Å²) in [5, 5.41) is 0.577. The van der Waals surface area contributed by atoms with E-state index >= 15 is 0 Å². The van der Waals surface area contributed by atoms with E-state index in [1.807, 2.05) is 30.6 Å². The highest BCUT2D eigenvalue weighted by Crippen LogP contribution is 2.42. The first-order chi connectivity index (χ1) is 14.5. The van der Waals surface area contributed by atoms with E-state index < -0.39 is 11.4 Å². The number of halogens is 3. The fraction of sp³-hybridized carbons (Fsp3) is 0.571. The normalized spacial score (nSPS) is 21.0. The van der Waals surface area contributed by atoms with E-state index in [9.17, 15) is 9.18 Å². The van der Waals surface area contributed by atoms with E-state index in [1.54, 1.807) is 6.92 Å². The molecule has 0 N–H and O–H groups in total. The highest BCUT2D eigenvalue weighted by atomic mass is 35.5. The zero-order valence-electron chi connectivity index (χ0n) is 18.1. The van der Waals surface area contributed by atoms with Crippen LogP contribution >= 0.6 is 23.2 Å². The number of hydrogen-bond acceptors (Lipinski definition) is 6. The zero-order chi connectivity index (χ0) is 22.7. The summed E-state index contributed by atoms with van der Waals surface area (Å²) in [4.78, 5) is 25.2. The standard InChI is InChI=1S/C21H25Cl2FN4O3/c1-10-13-14(19(30-5)26-17(23)15(13)24)18(25-16(10)22)27-8-11-6-7-12(9-27)28(11)20(29)31-21(2,3)4/h11-12H,6-9H2,1-5H3/t11-,12+. The highest BCUT2D eigenvalue weighted by Gasteiger charge is 2.45. The molecule has 31 heavy (non-hydrogen) atoms. The van der Waals surface area contributed by atoms with E-state index in [2.05, 4.69) is 9.97 Å². The molecular weight excluding hydrogens is 446 g/mol. The largest absolute Gasteiger partial charge is 0.480 e. The van der Waals surface area contributed by atoms with Crippen molar-refractivity contribution >= 4 is 45.9 Å². The molecule has 1 amide bonds. The number of pyridine rings is 2. The lowest BCUT2D eigenvalue weighted by molar-refractivity contribution is 0.0123. The monoisotopic (exact) mass is 470 g/mol. The van der Waals surface area contributed by atoms with E-state index in [0.717, 1.165) is 12.8 Å². The molecule has 0 aromatic carbocycles. The number of aromatic nitrogens is 2. The number of carbonyl (C=O) groups is 1. The summed E-state index contributed by atoms with van der Waals surface area (Å²) in [6.07, 6.45) is 1.40. The number of nitrogens with zero attached hydrogens (tertiary/aromatic N) is 4. The summed E-state index contributed by atoms with van der Waals surface area (Å²) in [5.74, 6) is 0.00715. The van der Waals surface area contributed by atoms with Gasteiger partial charge in [0.25, 0.3) is 0 Å². The van der Waals surface area contributed by atoms with Crippen molar-refractivity contribution in [2.45, 2.75) is 58.2 Å². The molecule has 2 aromatic heterocycles. The van der Waals surface area contributed by atoms with Gasteiger partial charge < -0.3 is 14.4 Å². The van der Waals surface area contributed by atoms with Gasteiger partial charge in [0.15, 0.2) is 11.0 Å². The lowest BCUT2D eigenvalue weighted by Crippen LogP contribution is -2.57. The van der Waals surface area contributed by atoms with Gasteiger partial charge in [0.1, 0.15) is 16.6 Å². The van der Waals surface area contributed by atoms with Crippen LogP contribution < -0.4 is 9.64 Å². The number of ether oxygens (including phenoxy) is 2. The molecule has 7 nitrogen and oxygen atoms in total. The van der Waals surface area contributed by atoms with E-state index in [4.69, 9.17) is 32.7 Å². The maximum absolute atomic E-state index is 15.0. The molecule has 0 radical (unpaired) electrons. The summed E-state index contributed by atoms with van der Waals surface area (Å²) in [6.45, 7) is 8.28. The van der Waals surface area contributed by atoms with Crippen molar-refractivity contribution in [2.24, 2.45) is 0 Å². The molecule has 2 aromatic rings. The van der Waals surface area contributed by atoms with Gasteiger partial charge in [-0.25, -0.2) is 14.2 Å². The molecule has 4 rings (SSSR count). The van der Waals surface area contributed by atoms with Gasteiger partial charge in [-0.1, -0.05) is 23.2 Å². The lowest BCUT2D eigenvalue weighted by atomic mass is 10.1. The number of anilines is 1. The maximum Gasteiger partial charge on any atom is 0.410 e. The second kappa shape index (κ2) is 7.81. The Kier molecular flexibility index (Phi) is 5.58. The topological polar surface area (TPSA) is 67.8 Å². The number of amides is 1. The Morgan fingerprint density at radius 2 is 1.71 bits per heavy atom. The predicted octanol–water partition coefficient (Wildman–Crippen LogP) is 4.98. The van der Waals surface area contributed by atoms with Crippen LogP contribution in [-0.4, -0.2) is 58.8 Å². The van der Waals surface area contributed by atoms with Crippen molar-refractivity contribution in [3.05, 3.63) is 21.7 Å². The highest BCUT2D eigenvalue weighted by molar-refractivity contribution is 6.33. The van der Waals surface area contributed by atoms with Crippen LogP contribution in [0.1, 0.15) is 39.2 Å². The quantitative estimate of drug-likeness (QED) is 0.576. The van der Waals surface area contributed by atoms with Crippen molar-refractivity contribution < 1.29 is 18.7 Å². The molecule has 2 saturated heterocycles. The van der Waals surface area contributed by atoms with Crippen molar-refractivity contribution in [1.29, 1.82) is 0 Å². The predicted molar refractivity (Wildman–Crippen MR) is 118 cm³/mol. The number of piperazine rings is 1. The summed E-state index contributed by atoms with van der Waals surface area (Å²) in [7, 11) is 1.45. The number of carbonyl (C=O) groups excluding carboxylic acids is 1. The molecule has 2 fully saturated rings. The van der Waals surface area contributed by atoms with Crippen LogP contribution in [0, 0.1) is 12.7 Å². The first kappa shape index (κ1) is 22.1. The third-order valence-electron chi connectivity index (χ3n) is 5.76. The second-order valence-corrected chi connectivity index (χ2v) is 9.72. The van der Waals surface area contributed by atoms with Gasteiger partial charge in [-0.3, -0.25) is 4.90 Å². The number of hydrogen-bond donors (Lipinski definition) is 0. The molecular formula is C21H25Cl2FN4O3. The fourth-order valence-corrected chi connectivity index (χ4v) is 4.82. The first-order valence-electron chi connectivity index (χ1n) is 10.2. The van der Waals surface area contributed by atoms with E-state index in [0.29, 0.717) is 29.9 Å². The Morgan fingerprint density at radius 3 is 2.26 bits per heavy atom. The number of rotatable bonds is 2. The molecule has 0 saturated carbocycles. The Hall–Kier alpha value is -2.06. The summed E-state index contributed by atoms with van der Waals surface area (Å²) in [5.41, 5.74) is -0.0954. The molecule has 10 heteroatoms. The fourth-order valence-electron chi connectivity index (χ4n) is 4.47. The lowest BCUT2D eigenvalue weighted by Gasteiger charge is -2.42. The minimum atomic E-state index is -0.657. The number of aryl methyl sites for hydroxylation is 1. The minimum absolute atomic E-state index is 0.0402. The van der Waals surface area contributed by atoms with Crippen LogP contribution in [-0.2, 0) is 4.74 Å². The van der Waals surface area contributed by atoms with Crippen LogP contribution in [0.4, 0.5) is 15.0 Å². The molecule has 168 valence electrons. The Balaban J connectivity index is 1.76. The summed E-state index contributed by atoms with van der Waals surface area (Å²) >= 11 is 12.4. The van der Waals surface area contributed by atoms with Gasteiger partial charge in [0, 0.05) is 18.5 Å². The van der Waals surface area contributed by atoms with Crippen LogP contribution in [0.5, 0.6) is 5.88 Å². The van der Waals surface area contributed by atoms with E-state index in [-0.39, 0.29) is 39.7 Å². The molecule has 2 aliphatic rings. The average molecular weight is 471 g/mol. The van der Waals surface area contributed by atoms with Crippen LogP contribution in [0.15, 0.2) is 0 Å². The third kappa shape index (κ3) is 3.84. The number of methoxy groups -OCH3 is 1. The first-order valence-corrected chi connectivity index (χ1v) is 10.9. The van der Waals surface area contributed by atoms with Gasteiger partial charge in [-0.2, -0.15) is 4.98 Å². The SMILES string of the molecule is COc1nc(Cl)c(F)c2c(C)c(Cl)nc(N3C[C@H]4CC[C@@H](C3)N4C(=O)OC(C)(C)C)c12. The molecule has 0 unspecified atom stereocenters. The van der Waals surface area contributed by atoms with Crippen molar-refractivity contribution in [2.75, 3.05) is 25.1 Å². The van der Waals surface area contributed by atoms with Crippen molar-refractivity contribution in [3.63, 3.8) is 0 Å². The Morgan fingerprint density at radius 1 is 1.10 bits per heavy atom. The molecule has 2 aliphatic heterocycles. The smallest absolute Gasteiger partial charge is 0.410 e. The van der Waals surface area contributed by atoms with Gasteiger partial charge in [0.2, 0.25) is 5.88 Å². The van der Waals surface area contributed by atoms with Crippen molar-refractivity contribution in [1.82, 2.24) is 14.9 Å². The molecule has 0 aliphatic carbocycles. The summed E-state index contributed by atoms with van der Waals surface area (Å²) < 4.78 is 26.0. The Labute approximate surface area is 190 Å². The zero-order valence-corrected chi connectivity index (χ0v) is 19.6. The van der Waals surface area contributed by atoms with Crippen LogP contribution in [0.3, 0.4) is 0 Å². The maximum atomic E-state index is 15.0. The van der Waals surface area contributed by atoms with Gasteiger partial charge in [-0.15, -0.1) is 0 Å². The third-order valence-corrected chi connectivity index (χ3v) is 6.37. The molecule has 0 spiro atoms. The molecule has 2 atom stereocenters. The molecule has 4 heterocycles. The number of fused-ring (bicyclic) bond motifs is 3. The minimum Gasteiger partial charge on any atom is -0.480 e. The summed E-state index contributed by atoms with van der Waals surface area (Å²) in [6, 6.07) is -0.0803.